The van der Waals surface area contributed by atoms with Gasteiger partial charge in [-0.1, -0.05) is 43.3 Å². The lowest BCUT2D eigenvalue weighted by Gasteiger charge is -2.24. The number of carbonyl (C=O) groups excluding carboxylic acids is 1. The number of amides is 2. The number of likely N-dealkylation sites (tertiary alicyclic amines) is 1. The number of hydrogen-bond acceptors (Lipinski definition) is 3. The van der Waals surface area contributed by atoms with Crippen LogP contribution in [0.5, 0.6) is 5.75 Å². The van der Waals surface area contributed by atoms with Crippen LogP contribution in [-0.2, 0) is 11.8 Å². The Morgan fingerprint density at radius 2 is 1.79 bits per heavy atom. The summed E-state index contributed by atoms with van der Waals surface area (Å²) in [5.74, 6) is -0.226. The number of piperidine rings is 1. The number of carboxylic acids is 1. The quantitative estimate of drug-likeness (QED) is 0.825. The van der Waals surface area contributed by atoms with Gasteiger partial charge in [0.05, 0.1) is 12.2 Å². The summed E-state index contributed by atoms with van der Waals surface area (Å²) in [6, 6.07) is 15.2. The lowest BCUT2D eigenvalue weighted by molar-refractivity contribution is 0.0696. The topological polar surface area (TPSA) is 92.9 Å². The Balaban J connectivity index is 0.000000224. The summed E-state index contributed by atoms with van der Waals surface area (Å²) in [4.78, 5) is 23.2. The number of ether oxygens (including phenoxy) is 1. The van der Waals surface area contributed by atoms with Crippen molar-refractivity contribution < 1.29 is 19.4 Å². The van der Waals surface area contributed by atoms with Gasteiger partial charge >= 0.3 is 12.0 Å². The fourth-order valence-electron chi connectivity index (χ4n) is 3.90. The number of hydrogen-bond donors (Lipinski definition) is 2. The molecule has 2 aromatic rings. The van der Waals surface area contributed by atoms with Gasteiger partial charge in [0.1, 0.15) is 5.75 Å². The molecule has 0 saturated carbocycles. The van der Waals surface area contributed by atoms with Gasteiger partial charge in [0.15, 0.2) is 0 Å². The molecule has 2 heterocycles. The average molecular weight is 396 g/mol. The van der Waals surface area contributed by atoms with Crippen LogP contribution in [0.25, 0.3) is 0 Å². The number of fused-ring (bicyclic) bond motifs is 1. The second-order valence-electron chi connectivity index (χ2n) is 7.91. The second kappa shape index (κ2) is 8.99. The van der Waals surface area contributed by atoms with Crippen LogP contribution in [0, 0.1) is 0 Å². The van der Waals surface area contributed by atoms with Crippen molar-refractivity contribution in [1.29, 1.82) is 0 Å². The predicted molar refractivity (Wildman–Crippen MR) is 111 cm³/mol. The Labute approximate surface area is 171 Å². The molecule has 6 nitrogen and oxygen atoms in total. The normalized spacial score (nSPS) is 20.1. The molecular formula is C23H28N2O4. The van der Waals surface area contributed by atoms with E-state index in [1.165, 1.54) is 12.0 Å². The monoisotopic (exact) mass is 396 g/mol. The van der Waals surface area contributed by atoms with Gasteiger partial charge in [0.25, 0.3) is 0 Å². The van der Waals surface area contributed by atoms with Crippen LogP contribution in [0.2, 0.25) is 0 Å². The minimum Gasteiger partial charge on any atom is -0.492 e. The predicted octanol–water partition coefficient (Wildman–Crippen LogP) is 3.83. The van der Waals surface area contributed by atoms with Gasteiger partial charge in [-0.15, -0.1) is 0 Å². The van der Waals surface area contributed by atoms with Crippen LogP contribution < -0.4 is 10.5 Å². The summed E-state index contributed by atoms with van der Waals surface area (Å²) in [7, 11) is 0. The van der Waals surface area contributed by atoms with E-state index in [1.54, 1.807) is 17.0 Å². The van der Waals surface area contributed by atoms with Crippen molar-refractivity contribution in [2.75, 3.05) is 19.7 Å². The van der Waals surface area contributed by atoms with Gasteiger partial charge in [-0.25, -0.2) is 9.59 Å². The highest BCUT2D eigenvalue weighted by molar-refractivity contribution is 5.88. The number of carbonyl (C=O) groups is 2. The first kappa shape index (κ1) is 20.7. The number of urea groups is 1. The van der Waals surface area contributed by atoms with Crippen LogP contribution >= 0.6 is 0 Å². The number of benzene rings is 2. The molecular weight excluding hydrogens is 368 g/mol. The van der Waals surface area contributed by atoms with E-state index in [9.17, 15) is 9.59 Å². The molecule has 0 radical (unpaired) electrons. The highest BCUT2D eigenvalue weighted by Crippen LogP contribution is 2.41. The second-order valence-corrected chi connectivity index (χ2v) is 7.91. The molecule has 2 aromatic carbocycles. The number of rotatable bonds is 3. The zero-order valence-electron chi connectivity index (χ0n) is 16.8. The molecule has 2 aliphatic heterocycles. The van der Waals surface area contributed by atoms with Crippen molar-refractivity contribution in [3.05, 3.63) is 65.2 Å². The van der Waals surface area contributed by atoms with E-state index in [0.717, 1.165) is 37.9 Å². The maximum absolute atomic E-state index is 11.0. The maximum Gasteiger partial charge on any atom is 0.335 e. The Morgan fingerprint density at radius 3 is 2.38 bits per heavy atom. The van der Waals surface area contributed by atoms with Gasteiger partial charge in [-0.3, -0.25) is 0 Å². The molecule has 2 aliphatic rings. The summed E-state index contributed by atoms with van der Waals surface area (Å²) in [5, 5.41) is 9.03. The van der Waals surface area contributed by atoms with E-state index in [4.69, 9.17) is 15.6 Å². The van der Waals surface area contributed by atoms with Crippen LogP contribution in [-0.4, -0.2) is 41.7 Å². The number of nitrogens with two attached hydrogens (primary N) is 1. The summed E-state index contributed by atoms with van der Waals surface area (Å²) in [6.07, 6.45) is 4.35. The molecule has 29 heavy (non-hydrogen) atoms. The minimum absolute atomic E-state index is 0.103. The number of aromatic carboxylic acids is 1. The molecule has 1 fully saturated rings. The van der Waals surface area contributed by atoms with E-state index in [1.807, 2.05) is 24.3 Å². The third kappa shape index (κ3) is 5.08. The van der Waals surface area contributed by atoms with Gasteiger partial charge in [-0.05, 0) is 43.4 Å². The lowest BCUT2D eigenvalue weighted by Crippen LogP contribution is -2.39. The molecule has 0 spiro atoms. The molecule has 2 amide bonds. The zero-order valence-corrected chi connectivity index (χ0v) is 16.8. The summed E-state index contributed by atoms with van der Waals surface area (Å²) in [5.41, 5.74) is 7.57. The van der Waals surface area contributed by atoms with Crippen molar-refractivity contribution in [2.45, 2.75) is 38.0 Å². The molecule has 6 heteroatoms. The molecule has 154 valence electrons. The number of nitrogens with zero attached hydrogens (tertiary/aromatic N) is 1. The molecule has 4 rings (SSSR count). The Kier molecular flexibility index (Phi) is 6.42. The molecule has 1 unspecified atom stereocenters. The van der Waals surface area contributed by atoms with Crippen molar-refractivity contribution in [2.24, 2.45) is 5.73 Å². The van der Waals surface area contributed by atoms with E-state index in [2.05, 4.69) is 19.1 Å². The first-order valence-electron chi connectivity index (χ1n) is 9.98. The summed E-state index contributed by atoms with van der Waals surface area (Å²) < 4.78 is 5.71. The molecule has 1 saturated heterocycles. The van der Waals surface area contributed by atoms with Crippen LogP contribution in [0.15, 0.2) is 48.5 Å². The van der Waals surface area contributed by atoms with Crippen molar-refractivity contribution >= 4 is 12.0 Å². The SMILES string of the molecule is CC1(Cc2ccccc2)COc2cc(C(=O)O)ccc21.NC(=O)N1CCCCC1. The van der Waals surface area contributed by atoms with Crippen molar-refractivity contribution in [3.63, 3.8) is 0 Å². The number of carboxylic acid groups (broad SMARTS) is 1. The average Bonchev–Trinajstić information content (AvgIpc) is 3.06. The van der Waals surface area contributed by atoms with Crippen LogP contribution in [0.3, 0.4) is 0 Å². The first-order valence-corrected chi connectivity index (χ1v) is 9.98. The van der Waals surface area contributed by atoms with Crippen molar-refractivity contribution in [3.8, 4) is 5.75 Å². The van der Waals surface area contributed by atoms with E-state index < -0.39 is 5.97 Å². The minimum atomic E-state index is -0.923. The molecule has 1 atom stereocenters. The number of primary amides is 1. The molecule has 0 bridgehead atoms. The fraction of sp³-hybridized carbons (Fsp3) is 0.391. The third-order valence-electron chi connectivity index (χ3n) is 5.53. The van der Waals surface area contributed by atoms with E-state index in [0.29, 0.717) is 12.4 Å². The van der Waals surface area contributed by atoms with E-state index >= 15 is 0 Å². The highest BCUT2D eigenvalue weighted by Gasteiger charge is 2.36. The van der Waals surface area contributed by atoms with Crippen molar-refractivity contribution in [1.82, 2.24) is 4.90 Å². The molecule has 0 aliphatic carbocycles. The first-order chi connectivity index (χ1) is 13.9. The maximum atomic E-state index is 11.0. The Hall–Kier alpha value is -3.02. The van der Waals surface area contributed by atoms with Crippen LogP contribution in [0.1, 0.15) is 47.7 Å². The third-order valence-corrected chi connectivity index (χ3v) is 5.53. The van der Waals surface area contributed by atoms with Gasteiger partial charge in [0.2, 0.25) is 0 Å². The molecule has 3 N–H and O–H groups in total. The van der Waals surface area contributed by atoms with Gasteiger partial charge in [0, 0.05) is 24.1 Å². The largest absolute Gasteiger partial charge is 0.492 e. The smallest absolute Gasteiger partial charge is 0.335 e. The fourth-order valence-corrected chi connectivity index (χ4v) is 3.90. The summed E-state index contributed by atoms with van der Waals surface area (Å²) >= 11 is 0. The Bertz CT molecular complexity index is 862. The standard InChI is InChI=1S/C17H16O3.C6H12N2O/c1-17(10-12-5-3-2-4-6-12)11-20-15-9-13(16(18)19)7-8-14(15)17;7-6(9)8-4-2-1-3-5-8/h2-9H,10-11H2,1H3,(H,18,19);1-5H2,(H2,7,9). The Morgan fingerprint density at radius 1 is 1.10 bits per heavy atom. The lowest BCUT2D eigenvalue weighted by atomic mass is 9.79. The molecule has 0 aromatic heterocycles. The van der Waals surface area contributed by atoms with Crippen LogP contribution in [0.4, 0.5) is 4.79 Å². The van der Waals surface area contributed by atoms with E-state index in [-0.39, 0.29) is 17.0 Å². The van der Waals surface area contributed by atoms with Gasteiger partial charge < -0.3 is 20.5 Å². The van der Waals surface area contributed by atoms with Gasteiger partial charge in [-0.2, -0.15) is 0 Å². The highest BCUT2D eigenvalue weighted by atomic mass is 16.5. The summed E-state index contributed by atoms with van der Waals surface area (Å²) in [6.45, 7) is 4.46. The zero-order chi connectivity index (χ0) is 20.9.